The molecule has 3 nitrogen and oxygen atoms in total. The maximum absolute atomic E-state index is 9.26. The van der Waals surface area contributed by atoms with Crippen LogP contribution in [-0.4, -0.2) is 28.7 Å². The first-order valence-corrected chi connectivity index (χ1v) is 3.99. The molecule has 0 unspecified atom stereocenters. The molecule has 0 saturated heterocycles. The lowest BCUT2D eigenvalue weighted by atomic mass is 9.93. The van der Waals surface area contributed by atoms with Gasteiger partial charge < -0.3 is 14.9 Å². The van der Waals surface area contributed by atoms with Gasteiger partial charge in [0.15, 0.2) is 0 Å². The predicted octanol–water partition coefficient (Wildman–Crippen LogP) is 0.926. The van der Waals surface area contributed by atoms with E-state index in [-0.39, 0.29) is 12.5 Å². The van der Waals surface area contributed by atoms with E-state index in [2.05, 4.69) is 0 Å². The van der Waals surface area contributed by atoms with Crippen molar-refractivity contribution in [1.29, 1.82) is 0 Å². The maximum Gasteiger partial charge on any atom is 0.283 e. The molecule has 0 heterocycles. The smallest absolute Gasteiger partial charge is 0.283 e. The molecule has 68 valence electrons. The van der Waals surface area contributed by atoms with E-state index in [4.69, 9.17) is 16.3 Å². The molecule has 0 saturated carbocycles. The Morgan fingerprint density at radius 1 is 1.27 bits per heavy atom. The zero-order chi connectivity index (χ0) is 9.12. The Bertz CT molecular complexity index is 117. The van der Waals surface area contributed by atoms with Crippen molar-refractivity contribution in [3.63, 3.8) is 0 Å². The van der Waals surface area contributed by atoms with Crippen LogP contribution in [0, 0.1) is 5.41 Å². The molecule has 0 aliphatic heterocycles. The van der Waals surface area contributed by atoms with Crippen LogP contribution in [0.1, 0.15) is 20.8 Å². The van der Waals surface area contributed by atoms with Crippen LogP contribution in [0.3, 0.4) is 0 Å². The molecule has 0 aliphatic carbocycles. The Kier molecular flexibility index (Phi) is 3.77. The number of alkyl halides is 1. The summed E-state index contributed by atoms with van der Waals surface area (Å²) in [6.45, 7) is 5.13. The van der Waals surface area contributed by atoms with Gasteiger partial charge in [0, 0.05) is 11.3 Å². The monoisotopic (exact) mass is 182 g/mol. The van der Waals surface area contributed by atoms with Gasteiger partial charge >= 0.3 is 0 Å². The Morgan fingerprint density at radius 2 is 1.73 bits per heavy atom. The number of rotatable bonds is 3. The molecule has 0 radical (unpaired) electrons. The Hall–Kier alpha value is 0.170. The van der Waals surface area contributed by atoms with Crippen molar-refractivity contribution in [2.75, 3.05) is 12.5 Å². The molecule has 0 fully saturated rings. The van der Waals surface area contributed by atoms with Crippen LogP contribution in [0.5, 0.6) is 0 Å². The normalized spacial score (nSPS) is 13.6. The van der Waals surface area contributed by atoms with Crippen molar-refractivity contribution in [3.8, 4) is 0 Å². The Labute approximate surface area is 71.9 Å². The molecule has 0 bridgehead atoms. The summed E-state index contributed by atoms with van der Waals surface area (Å²) in [6, 6.07) is 0. The molecule has 0 atom stereocenters. The summed E-state index contributed by atoms with van der Waals surface area (Å²) in [7, 11) is 0. The van der Waals surface area contributed by atoms with Crippen LogP contribution in [-0.2, 0) is 4.74 Å². The summed E-state index contributed by atoms with van der Waals surface area (Å²) in [5, 5.41) is 18.5. The lowest BCUT2D eigenvalue weighted by Gasteiger charge is -2.33. The number of hydrogen-bond acceptors (Lipinski definition) is 3. The van der Waals surface area contributed by atoms with Crippen LogP contribution < -0.4 is 0 Å². The highest BCUT2D eigenvalue weighted by atomic mass is 35.5. The van der Waals surface area contributed by atoms with Crippen molar-refractivity contribution < 1.29 is 14.9 Å². The topological polar surface area (TPSA) is 49.7 Å². The van der Waals surface area contributed by atoms with Gasteiger partial charge in [-0.3, -0.25) is 0 Å². The third-order valence-electron chi connectivity index (χ3n) is 1.36. The predicted molar refractivity (Wildman–Crippen MR) is 43.3 cm³/mol. The summed E-state index contributed by atoms with van der Waals surface area (Å²) in [5.41, 5.74) is -0.723. The summed E-state index contributed by atoms with van der Waals surface area (Å²) >= 11 is 5.31. The molecule has 0 spiro atoms. The summed E-state index contributed by atoms with van der Waals surface area (Å²) in [5.74, 6) is -1.85. The van der Waals surface area contributed by atoms with Gasteiger partial charge in [0.2, 0.25) is 0 Å². The molecule has 0 aliphatic rings. The van der Waals surface area contributed by atoms with Crippen molar-refractivity contribution in [2.24, 2.45) is 5.41 Å². The molecule has 0 amide bonds. The first-order valence-electron chi connectivity index (χ1n) is 3.46. The van der Waals surface area contributed by atoms with Crippen molar-refractivity contribution in [2.45, 2.75) is 26.7 Å². The first-order chi connectivity index (χ1) is 4.81. The van der Waals surface area contributed by atoms with E-state index in [1.54, 1.807) is 20.8 Å². The largest absolute Gasteiger partial charge is 0.343 e. The average Bonchev–Trinajstić information content (AvgIpc) is 1.81. The standard InChI is InChI=1S/C7H15ClO3/c1-6(2,3)7(9,10)11-5-4-8/h9-10H,4-5H2,1-3H3. The number of halogens is 1. The van der Waals surface area contributed by atoms with E-state index in [1.807, 2.05) is 0 Å². The van der Waals surface area contributed by atoms with Crippen molar-refractivity contribution in [1.82, 2.24) is 0 Å². The highest BCUT2D eigenvalue weighted by molar-refractivity contribution is 6.17. The van der Waals surface area contributed by atoms with Crippen molar-refractivity contribution in [3.05, 3.63) is 0 Å². The van der Waals surface area contributed by atoms with E-state index >= 15 is 0 Å². The fourth-order valence-electron chi connectivity index (χ4n) is 0.397. The second kappa shape index (κ2) is 3.72. The molecular weight excluding hydrogens is 168 g/mol. The minimum absolute atomic E-state index is 0.131. The second-order valence-corrected chi connectivity index (χ2v) is 3.77. The van der Waals surface area contributed by atoms with Gasteiger partial charge in [0.05, 0.1) is 6.61 Å². The molecule has 2 N–H and O–H groups in total. The van der Waals surface area contributed by atoms with Gasteiger partial charge in [0.25, 0.3) is 5.97 Å². The van der Waals surface area contributed by atoms with E-state index in [9.17, 15) is 10.2 Å². The molecule has 11 heavy (non-hydrogen) atoms. The third kappa shape index (κ3) is 3.38. The van der Waals surface area contributed by atoms with Crippen LogP contribution in [0.2, 0.25) is 0 Å². The summed E-state index contributed by atoms with van der Waals surface area (Å²) < 4.78 is 4.72. The lowest BCUT2D eigenvalue weighted by Crippen LogP contribution is -2.45. The van der Waals surface area contributed by atoms with E-state index in [0.29, 0.717) is 0 Å². The van der Waals surface area contributed by atoms with E-state index in [1.165, 1.54) is 0 Å². The highest BCUT2D eigenvalue weighted by Crippen LogP contribution is 2.28. The van der Waals surface area contributed by atoms with Gasteiger partial charge in [-0.05, 0) is 0 Å². The fraction of sp³-hybridized carbons (Fsp3) is 1.00. The maximum atomic E-state index is 9.26. The third-order valence-corrected chi connectivity index (χ3v) is 1.51. The molecule has 4 heteroatoms. The van der Waals surface area contributed by atoms with Crippen LogP contribution in [0.25, 0.3) is 0 Å². The molecule has 0 aromatic rings. The van der Waals surface area contributed by atoms with Gasteiger partial charge in [-0.1, -0.05) is 20.8 Å². The van der Waals surface area contributed by atoms with Crippen LogP contribution >= 0.6 is 11.6 Å². The highest BCUT2D eigenvalue weighted by Gasteiger charge is 2.39. The van der Waals surface area contributed by atoms with Crippen molar-refractivity contribution >= 4 is 11.6 Å². The van der Waals surface area contributed by atoms with Gasteiger partial charge in [0.1, 0.15) is 0 Å². The van der Waals surface area contributed by atoms with Gasteiger partial charge in [-0.25, -0.2) is 0 Å². The van der Waals surface area contributed by atoms with Crippen LogP contribution in [0.4, 0.5) is 0 Å². The lowest BCUT2D eigenvalue weighted by molar-refractivity contribution is -0.383. The fourth-order valence-corrected chi connectivity index (χ4v) is 0.475. The molecule has 0 rings (SSSR count). The van der Waals surface area contributed by atoms with Gasteiger partial charge in [-0.2, -0.15) is 0 Å². The number of ether oxygens (including phenoxy) is 1. The minimum Gasteiger partial charge on any atom is -0.343 e. The first kappa shape index (κ1) is 11.2. The number of aliphatic hydroxyl groups is 2. The molecular formula is C7H15ClO3. The zero-order valence-corrected chi connectivity index (χ0v) is 7.85. The minimum atomic E-state index is -2.10. The second-order valence-electron chi connectivity index (χ2n) is 3.40. The van der Waals surface area contributed by atoms with Crippen LogP contribution in [0.15, 0.2) is 0 Å². The van der Waals surface area contributed by atoms with E-state index in [0.717, 1.165) is 0 Å². The Morgan fingerprint density at radius 3 is 2.00 bits per heavy atom. The summed E-state index contributed by atoms with van der Waals surface area (Å²) in [4.78, 5) is 0. The quantitative estimate of drug-likeness (QED) is 0.504. The zero-order valence-electron chi connectivity index (χ0n) is 7.09. The van der Waals surface area contributed by atoms with Gasteiger partial charge in [-0.15, -0.1) is 11.6 Å². The summed E-state index contributed by atoms with van der Waals surface area (Å²) in [6.07, 6.45) is 0. The molecule has 0 aromatic heterocycles. The SMILES string of the molecule is CC(C)(C)C(O)(O)OCCCl. The van der Waals surface area contributed by atoms with E-state index < -0.39 is 11.4 Å². The average molecular weight is 183 g/mol. The molecule has 0 aromatic carbocycles. The Balaban J connectivity index is 4.00. The number of hydrogen-bond donors (Lipinski definition) is 2.